The number of halogens is 4. The molecule has 0 saturated carbocycles. The molecule has 0 bridgehead atoms. The van der Waals surface area contributed by atoms with Crippen LogP contribution in [0.25, 0.3) is 0 Å². The summed E-state index contributed by atoms with van der Waals surface area (Å²) >= 11 is 8.68. The summed E-state index contributed by atoms with van der Waals surface area (Å²) < 4.78 is 26.8. The van der Waals surface area contributed by atoms with Crippen molar-refractivity contribution in [3.05, 3.63) is 62.6 Å². The third kappa shape index (κ3) is 3.16. The van der Waals surface area contributed by atoms with E-state index in [4.69, 9.17) is 11.6 Å². The summed E-state index contributed by atoms with van der Waals surface area (Å²) in [6.45, 7) is 1.73. The minimum absolute atomic E-state index is 0.142. The van der Waals surface area contributed by atoms with Crippen LogP contribution in [0, 0.1) is 18.6 Å². The molecule has 6 heteroatoms. The Kier molecular flexibility index (Phi) is 4.40. The second kappa shape index (κ2) is 5.89. The predicted octanol–water partition coefficient (Wildman–Crippen LogP) is 4.94. The Morgan fingerprint density at radius 2 is 1.90 bits per heavy atom. The van der Waals surface area contributed by atoms with Crippen molar-refractivity contribution in [3.63, 3.8) is 0 Å². The van der Waals surface area contributed by atoms with Crippen molar-refractivity contribution < 1.29 is 13.6 Å². The van der Waals surface area contributed by atoms with E-state index in [0.29, 0.717) is 15.7 Å². The summed E-state index contributed by atoms with van der Waals surface area (Å²) in [5.74, 6) is -1.58. The standard InChI is InChI=1S/C14H9BrClF2NO/c1-7-4-9(15)12(18)6-13(7)19-14(20)8-2-3-11(17)10(16)5-8/h2-6H,1H3,(H,19,20). The van der Waals surface area contributed by atoms with Gasteiger partial charge in [-0.05, 0) is 58.7 Å². The van der Waals surface area contributed by atoms with E-state index in [2.05, 4.69) is 21.2 Å². The lowest BCUT2D eigenvalue weighted by Gasteiger charge is -2.10. The zero-order valence-electron chi connectivity index (χ0n) is 10.3. The van der Waals surface area contributed by atoms with Crippen LogP contribution in [0.2, 0.25) is 5.02 Å². The number of anilines is 1. The molecular weight excluding hydrogens is 352 g/mol. The van der Waals surface area contributed by atoms with Gasteiger partial charge in [-0.25, -0.2) is 8.78 Å². The van der Waals surface area contributed by atoms with Gasteiger partial charge < -0.3 is 5.32 Å². The lowest BCUT2D eigenvalue weighted by molar-refractivity contribution is 0.102. The third-order valence-electron chi connectivity index (χ3n) is 2.70. The SMILES string of the molecule is Cc1cc(Br)c(F)cc1NC(=O)c1ccc(F)c(Cl)c1. The van der Waals surface area contributed by atoms with Crippen molar-refractivity contribution in [2.45, 2.75) is 6.92 Å². The third-order valence-corrected chi connectivity index (χ3v) is 3.59. The Bertz CT molecular complexity index is 691. The predicted molar refractivity (Wildman–Crippen MR) is 78.2 cm³/mol. The van der Waals surface area contributed by atoms with Crippen LogP contribution in [0.1, 0.15) is 15.9 Å². The second-order valence-electron chi connectivity index (χ2n) is 4.16. The van der Waals surface area contributed by atoms with Crippen molar-refractivity contribution in [2.75, 3.05) is 5.32 Å². The van der Waals surface area contributed by atoms with Crippen LogP contribution in [0.5, 0.6) is 0 Å². The summed E-state index contributed by atoms with van der Waals surface area (Å²) in [6, 6.07) is 6.40. The van der Waals surface area contributed by atoms with Crippen molar-refractivity contribution >= 4 is 39.1 Å². The number of rotatable bonds is 2. The van der Waals surface area contributed by atoms with Crippen LogP contribution in [-0.2, 0) is 0 Å². The molecule has 0 aliphatic rings. The maximum atomic E-state index is 13.5. The van der Waals surface area contributed by atoms with Crippen molar-refractivity contribution in [1.82, 2.24) is 0 Å². The molecule has 0 spiro atoms. The van der Waals surface area contributed by atoms with E-state index in [1.807, 2.05) is 0 Å². The van der Waals surface area contributed by atoms with Crippen LogP contribution in [-0.4, -0.2) is 5.91 Å². The fourth-order valence-electron chi connectivity index (χ4n) is 1.61. The molecule has 0 heterocycles. The average molecular weight is 361 g/mol. The Morgan fingerprint density at radius 3 is 2.55 bits per heavy atom. The Hall–Kier alpha value is -1.46. The Morgan fingerprint density at radius 1 is 1.20 bits per heavy atom. The number of hydrogen-bond donors (Lipinski definition) is 1. The van der Waals surface area contributed by atoms with Gasteiger partial charge in [0.25, 0.3) is 5.91 Å². The molecule has 1 N–H and O–H groups in total. The lowest BCUT2D eigenvalue weighted by Crippen LogP contribution is -2.13. The molecule has 0 saturated heterocycles. The molecule has 2 aromatic rings. The number of carbonyl (C=O) groups is 1. The fraction of sp³-hybridized carbons (Fsp3) is 0.0714. The van der Waals surface area contributed by atoms with E-state index in [0.717, 1.165) is 6.07 Å². The van der Waals surface area contributed by atoms with Crippen LogP contribution in [0.4, 0.5) is 14.5 Å². The van der Waals surface area contributed by atoms with Gasteiger partial charge in [0.15, 0.2) is 0 Å². The second-order valence-corrected chi connectivity index (χ2v) is 5.43. The largest absolute Gasteiger partial charge is 0.322 e. The number of benzene rings is 2. The molecule has 0 unspecified atom stereocenters. The van der Waals surface area contributed by atoms with E-state index >= 15 is 0 Å². The number of hydrogen-bond acceptors (Lipinski definition) is 1. The molecule has 2 rings (SSSR count). The maximum Gasteiger partial charge on any atom is 0.255 e. The molecule has 0 radical (unpaired) electrons. The van der Waals surface area contributed by atoms with E-state index in [-0.39, 0.29) is 10.6 Å². The van der Waals surface area contributed by atoms with Crippen LogP contribution in [0.15, 0.2) is 34.8 Å². The van der Waals surface area contributed by atoms with E-state index < -0.39 is 17.5 Å². The molecular formula is C14H9BrClF2NO. The summed E-state index contributed by atoms with van der Waals surface area (Å²) in [7, 11) is 0. The van der Waals surface area contributed by atoms with E-state index in [1.54, 1.807) is 13.0 Å². The van der Waals surface area contributed by atoms with Gasteiger partial charge in [-0.15, -0.1) is 0 Å². The number of amides is 1. The number of carbonyl (C=O) groups excluding carboxylic acids is 1. The summed E-state index contributed by atoms with van der Waals surface area (Å²) in [4.78, 5) is 12.0. The minimum atomic E-state index is -0.603. The molecule has 0 atom stereocenters. The van der Waals surface area contributed by atoms with Crippen molar-refractivity contribution in [1.29, 1.82) is 0 Å². The first-order valence-corrected chi connectivity index (χ1v) is 6.77. The summed E-state index contributed by atoms with van der Waals surface area (Å²) in [6.07, 6.45) is 0. The smallest absolute Gasteiger partial charge is 0.255 e. The van der Waals surface area contributed by atoms with Crippen molar-refractivity contribution in [2.24, 2.45) is 0 Å². The van der Waals surface area contributed by atoms with Crippen LogP contribution < -0.4 is 5.32 Å². The van der Waals surface area contributed by atoms with Crippen molar-refractivity contribution in [3.8, 4) is 0 Å². The highest BCUT2D eigenvalue weighted by molar-refractivity contribution is 9.10. The highest BCUT2D eigenvalue weighted by Crippen LogP contribution is 2.25. The monoisotopic (exact) mass is 359 g/mol. The zero-order valence-corrected chi connectivity index (χ0v) is 12.6. The highest BCUT2D eigenvalue weighted by atomic mass is 79.9. The molecule has 0 aliphatic heterocycles. The van der Waals surface area contributed by atoms with Gasteiger partial charge >= 0.3 is 0 Å². The van der Waals surface area contributed by atoms with Gasteiger partial charge in [-0.2, -0.15) is 0 Å². The summed E-state index contributed by atoms with van der Waals surface area (Å²) in [5, 5.41) is 2.42. The molecule has 0 aromatic heterocycles. The topological polar surface area (TPSA) is 29.1 Å². The Labute approximate surface area is 127 Å². The normalized spacial score (nSPS) is 10.4. The number of aryl methyl sites for hydroxylation is 1. The van der Waals surface area contributed by atoms with E-state index in [1.165, 1.54) is 18.2 Å². The van der Waals surface area contributed by atoms with Gasteiger partial charge in [-0.3, -0.25) is 4.79 Å². The molecule has 20 heavy (non-hydrogen) atoms. The fourth-order valence-corrected chi connectivity index (χ4v) is 2.25. The molecule has 0 aliphatic carbocycles. The van der Waals surface area contributed by atoms with Crippen LogP contribution in [0.3, 0.4) is 0 Å². The first-order chi connectivity index (χ1) is 9.38. The molecule has 0 fully saturated rings. The van der Waals surface area contributed by atoms with Gasteiger partial charge in [0, 0.05) is 11.3 Å². The van der Waals surface area contributed by atoms with Gasteiger partial charge in [0.1, 0.15) is 11.6 Å². The van der Waals surface area contributed by atoms with Crippen LogP contribution >= 0.6 is 27.5 Å². The Balaban J connectivity index is 2.27. The molecule has 104 valence electrons. The number of nitrogens with one attached hydrogen (secondary N) is 1. The molecule has 2 aromatic carbocycles. The molecule has 1 amide bonds. The molecule has 2 nitrogen and oxygen atoms in total. The van der Waals surface area contributed by atoms with Gasteiger partial charge in [-0.1, -0.05) is 11.6 Å². The first-order valence-electron chi connectivity index (χ1n) is 5.60. The minimum Gasteiger partial charge on any atom is -0.322 e. The van der Waals surface area contributed by atoms with E-state index in [9.17, 15) is 13.6 Å². The first kappa shape index (κ1) is 14.9. The summed E-state index contributed by atoms with van der Waals surface area (Å²) in [5.41, 5.74) is 1.23. The van der Waals surface area contributed by atoms with Gasteiger partial charge in [0.2, 0.25) is 0 Å². The average Bonchev–Trinajstić information content (AvgIpc) is 2.39. The maximum absolute atomic E-state index is 13.5. The highest BCUT2D eigenvalue weighted by Gasteiger charge is 2.12. The lowest BCUT2D eigenvalue weighted by atomic mass is 10.1. The zero-order chi connectivity index (χ0) is 14.9. The van der Waals surface area contributed by atoms with Gasteiger partial charge in [0.05, 0.1) is 9.50 Å². The quantitative estimate of drug-likeness (QED) is 0.807.